The van der Waals surface area contributed by atoms with Crippen molar-refractivity contribution in [1.29, 1.82) is 0 Å². The quantitative estimate of drug-likeness (QED) is 0.908. The van der Waals surface area contributed by atoms with Gasteiger partial charge < -0.3 is 9.67 Å². The maximum absolute atomic E-state index is 10.8. The number of carboxylic acids is 1. The molecule has 1 N–H and O–H groups in total. The first-order chi connectivity index (χ1) is 7.16. The smallest absolute Gasteiger partial charge is 0.335 e. The summed E-state index contributed by atoms with van der Waals surface area (Å²) >= 11 is 3.29. The second-order valence-corrected chi connectivity index (χ2v) is 4.01. The molecule has 0 atom stereocenters. The molecule has 76 valence electrons. The number of aromatic carboxylic acids is 1. The minimum Gasteiger partial charge on any atom is -0.478 e. The van der Waals surface area contributed by atoms with Crippen molar-refractivity contribution in [2.45, 2.75) is 0 Å². The number of rotatable bonds is 2. The van der Waals surface area contributed by atoms with Crippen LogP contribution in [0.25, 0.3) is 5.69 Å². The summed E-state index contributed by atoms with van der Waals surface area (Å²) in [4.78, 5) is 10.8. The van der Waals surface area contributed by atoms with Crippen molar-refractivity contribution in [2.24, 2.45) is 0 Å². The fourth-order valence-corrected chi connectivity index (χ4v) is 1.83. The SMILES string of the molecule is O=C(O)c1cc(Br)cc(-n2cccc2)c1. The molecule has 3 nitrogen and oxygen atoms in total. The van der Waals surface area contributed by atoms with Gasteiger partial charge in [-0.05, 0) is 30.3 Å². The number of benzene rings is 1. The molecule has 0 fully saturated rings. The number of aromatic nitrogens is 1. The molecular weight excluding hydrogens is 258 g/mol. The molecule has 0 radical (unpaired) electrons. The number of carbonyl (C=O) groups is 1. The van der Waals surface area contributed by atoms with Gasteiger partial charge in [0, 0.05) is 22.6 Å². The van der Waals surface area contributed by atoms with Gasteiger partial charge in [-0.1, -0.05) is 15.9 Å². The Morgan fingerprint density at radius 2 is 1.87 bits per heavy atom. The van der Waals surface area contributed by atoms with Crippen molar-refractivity contribution >= 4 is 21.9 Å². The first-order valence-corrected chi connectivity index (χ1v) is 5.13. The predicted octanol–water partition coefficient (Wildman–Crippen LogP) is 2.94. The molecule has 0 aliphatic heterocycles. The highest BCUT2D eigenvalue weighted by Crippen LogP contribution is 2.19. The van der Waals surface area contributed by atoms with E-state index in [4.69, 9.17) is 5.11 Å². The van der Waals surface area contributed by atoms with E-state index in [9.17, 15) is 4.79 Å². The molecule has 1 aromatic carbocycles. The Labute approximate surface area is 95.1 Å². The van der Waals surface area contributed by atoms with E-state index >= 15 is 0 Å². The highest BCUT2D eigenvalue weighted by molar-refractivity contribution is 9.10. The first-order valence-electron chi connectivity index (χ1n) is 4.34. The van der Waals surface area contributed by atoms with E-state index in [1.807, 2.05) is 35.2 Å². The molecule has 0 spiro atoms. The van der Waals surface area contributed by atoms with Gasteiger partial charge in [-0.25, -0.2) is 4.79 Å². The molecule has 4 heteroatoms. The van der Waals surface area contributed by atoms with Gasteiger partial charge in [0.05, 0.1) is 5.56 Å². The molecule has 1 heterocycles. The van der Waals surface area contributed by atoms with Gasteiger partial charge in [0.1, 0.15) is 0 Å². The zero-order valence-electron chi connectivity index (χ0n) is 7.72. The summed E-state index contributed by atoms with van der Waals surface area (Å²) in [5.74, 6) is -0.926. The molecule has 15 heavy (non-hydrogen) atoms. The highest BCUT2D eigenvalue weighted by atomic mass is 79.9. The van der Waals surface area contributed by atoms with E-state index in [1.165, 1.54) is 0 Å². The van der Waals surface area contributed by atoms with E-state index in [2.05, 4.69) is 15.9 Å². The van der Waals surface area contributed by atoms with Crippen LogP contribution in [-0.4, -0.2) is 15.6 Å². The number of carboxylic acid groups (broad SMARTS) is 1. The van der Waals surface area contributed by atoms with Crippen LogP contribution in [0.1, 0.15) is 10.4 Å². The van der Waals surface area contributed by atoms with Crippen molar-refractivity contribution < 1.29 is 9.90 Å². The van der Waals surface area contributed by atoms with E-state index in [0.717, 1.165) is 10.2 Å². The van der Waals surface area contributed by atoms with Crippen molar-refractivity contribution in [3.05, 3.63) is 52.8 Å². The van der Waals surface area contributed by atoms with E-state index in [1.54, 1.807) is 12.1 Å². The second-order valence-electron chi connectivity index (χ2n) is 3.09. The van der Waals surface area contributed by atoms with Crippen LogP contribution in [0.2, 0.25) is 0 Å². The fraction of sp³-hybridized carbons (Fsp3) is 0. The predicted molar refractivity (Wildman–Crippen MR) is 60.4 cm³/mol. The maximum atomic E-state index is 10.8. The molecule has 0 saturated carbocycles. The Bertz CT molecular complexity index is 491. The van der Waals surface area contributed by atoms with E-state index < -0.39 is 5.97 Å². The zero-order valence-corrected chi connectivity index (χ0v) is 9.31. The van der Waals surface area contributed by atoms with Gasteiger partial charge in [0.15, 0.2) is 0 Å². The zero-order chi connectivity index (χ0) is 10.8. The summed E-state index contributed by atoms with van der Waals surface area (Å²) in [6, 6.07) is 8.86. The Morgan fingerprint density at radius 3 is 2.47 bits per heavy atom. The lowest BCUT2D eigenvalue weighted by molar-refractivity contribution is 0.0697. The largest absolute Gasteiger partial charge is 0.478 e. The van der Waals surface area contributed by atoms with E-state index in [-0.39, 0.29) is 5.56 Å². The summed E-state index contributed by atoms with van der Waals surface area (Å²) in [5, 5.41) is 8.90. The molecule has 0 aliphatic carbocycles. The average Bonchev–Trinajstić information content (AvgIpc) is 2.69. The van der Waals surface area contributed by atoms with Crippen LogP contribution in [0.4, 0.5) is 0 Å². The van der Waals surface area contributed by atoms with Gasteiger partial charge in [0.25, 0.3) is 0 Å². The number of halogens is 1. The molecular formula is C11H8BrNO2. The molecule has 0 bridgehead atoms. The first kappa shape index (κ1) is 9.98. The topological polar surface area (TPSA) is 42.2 Å². The summed E-state index contributed by atoms with van der Waals surface area (Å²) in [6.45, 7) is 0. The Balaban J connectivity index is 2.54. The number of nitrogens with zero attached hydrogens (tertiary/aromatic N) is 1. The minimum atomic E-state index is -0.926. The van der Waals surface area contributed by atoms with Crippen molar-refractivity contribution in [2.75, 3.05) is 0 Å². The molecule has 1 aromatic heterocycles. The number of hydrogen-bond acceptors (Lipinski definition) is 1. The van der Waals surface area contributed by atoms with Crippen LogP contribution >= 0.6 is 15.9 Å². The molecule has 2 aromatic rings. The molecule has 0 saturated heterocycles. The maximum Gasteiger partial charge on any atom is 0.335 e. The van der Waals surface area contributed by atoms with Crippen molar-refractivity contribution in [1.82, 2.24) is 4.57 Å². The Hall–Kier alpha value is -1.55. The third kappa shape index (κ3) is 2.10. The van der Waals surface area contributed by atoms with Gasteiger partial charge in [-0.3, -0.25) is 0 Å². The van der Waals surface area contributed by atoms with Crippen molar-refractivity contribution in [3.8, 4) is 5.69 Å². The lowest BCUT2D eigenvalue weighted by Crippen LogP contribution is -1.99. The summed E-state index contributed by atoms with van der Waals surface area (Å²) in [7, 11) is 0. The normalized spacial score (nSPS) is 10.2. The summed E-state index contributed by atoms with van der Waals surface area (Å²) < 4.78 is 2.61. The van der Waals surface area contributed by atoms with Crippen molar-refractivity contribution in [3.63, 3.8) is 0 Å². The summed E-state index contributed by atoms with van der Waals surface area (Å²) in [5.41, 5.74) is 1.10. The standard InChI is InChI=1S/C11H8BrNO2/c12-9-5-8(11(14)15)6-10(7-9)13-3-1-2-4-13/h1-7H,(H,14,15). The minimum absolute atomic E-state index is 0.271. The summed E-state index contributed by atoms with van der Waals surface area (Å²) in [6.07, 6.45) is 3.74. The molecule has 0 unspecified atom stereocenters. The lowest BCUT2D eigenvalue weighted by atomic mass is 10.2. The Kier molecular flexibility index (Phi) is 2.60. The highest BCUT2D eigenvalue weighted by Gasteiger charge is 2.06. The monoisotopic (exact) mass is 265 g/mol. The average molecular weight is 266 g/mol. The third-order valence-electron chi connectivity index (χ3n) is 2.03. The van der Waals surface area contributed by atoms with Gasteiger partial charge >= 0.3 is 5.97 Å². The lowest BCUT2D eigenvalue weighted by Gasteiger charge is -2.05. The molecule has 2 rings (SSSR count). The third-order valence-corrected chi connectivity index (χ3v) is 2.49. The van der Waals surface area contributed by atoms with Gasteiger partial charge in [-0.15, -0.1) is 0 Å². The van der Waals surface area contributed by atoms with Crippen LogP contribution in [0.3, 0.4) is 0 Å². The van der Waals surface area contributed by atoms with E-state index in [0.29, 0.717) is 0 Å². The van der Waals surface area contributed by atoms with Gasteiger partial charge in [0.2, 0.25) is 0 Å². The second kappa shape index (κ2) is 3.90. The molecule has 0 amide bonds. The Morgan fingerprint density at radius 1 is 1.20 bits per heavy atom. The van der Waals surface area contributed by atoms with Crippen LogP contribution in [0.15, 0.2) is 47.2 Å². The van der Waals surface area contributed by atoms with Crippen LogP contribution in [-0.2, 0) is 0 Å². The van der Waals surface area contributed by atoms with Gasteiger partial charge in [-0.2, -0.15) is 0 Å². The number of hydrogen-bond donors (Lipinski definition) is 1. The van der Waals surface area contributed by atoms with Crippen LogP contribution in [0.5, 0.6) is 0 Å². The van der Waals surface area contributed by atoms with Crippen LogP contribution in [0, 0.1) is 0 Å². The fourth-order valence-electron chi connectivity index (χ4n) is 1.35. The van der Waals surface area contributed by atoms with Crippen LogP contribution < -0.4 is 0 Å². The molecule has 0 aliphatic rings.